The fourth-order valence-electron chi connectivity index (χ4n) is 3.92. The number of anilines is 1. The second kappa shape index (κ2) is 7.81. The second-order valence-corrected chi connectivity index (χ2v) is 9.43. The van der Waals surface area contributed by atoms with Crippen molar-refractivity contribution in [2.24, 2.45) is 0 Å². The normalized spacial score (nSPS) is 13.8. The highest BCUT2D eigenvalue weighted by atomic mass is 32.2. The number of aryl methyl sites for hydroxylation is 1. The zero-order valence-electron chi connectivity index (χ0n) is 17.4. The number of nitrogens with zero attached hydrogens (tertiary/aromatic N) is 3. The first kappa shape index (κ1) is 20.5. The van der Waals surface area contributed by atoms with Crippen LogP contribution in [0.4, 0.5) is 5.82 Å². The fourth-order valence-corrected chi connectivity index (χ4v) is 5.38. The number of sulfonamides is 1. The van der Waals surface area contributed by atoms with Gasteiger partial charge in [0.25, 0.3) is 5.91 Å². The van der Waals surface area contributed by atoms with Crippen molar-refractivity contribution in [2.45, 2.75) is 32.1 Å². The molecule has 0 spiro atoms. The molecule has 0 saturated carbocycles. The van der Waals surface area contributed by atoms with Gasteiger partial charge in [-0.25, -0.2) is 13.4 Å². The lowest BCUT2D eigenvalue weighted by Gasteiger charge is -2.19. The number of carbonyl (C=O) groups excluding carboxylic acids is 1. The third-order valence-electron chi connectivity index (χ3n) is 5.58. The van der Waals surface area contributed by atoms with Gasteiger partial charge >= 0.3 is 0 Å². The van der Waals surface area contributed by atoms with Gasteiger partial charge in [0.2, 0.25) is 10.0 Å². The van der Waals surface area contributed by atoms with Crippen LogP contribution in [0, 0.1) is 6.92 Å². The predicted molar refractivity (Wildman–Crippen MR) is 118 cm³/mol. The molecular weight excluding hydrogens is 398 g/mol. The summed E-state index contributed by atoms with van der Waals surface area (Å²) in [5, 5.41) is 1.08. The maximum Gasteiger partial charge on any atom is 0.259 e. The van der Waals surface area contributed by atoms with E-state index in [2.05, 4.69) is 12.1 Å². The van der Waals surface area contributed by atoms with Crippen molar-refractivity contribution in [2.75, 3.05) is 24.5 Å². The van der Waals surface area contributed by atoms with E-state index in [1.807, 2.05) is 32.9 Å². The molecule has 0 unspecified atom stereocenters. The van der Waals surface area contributed by atoms with Gasteiger partial charge in [0.1, 0.15) is 5.82 Å². The summed E-state index contributed by atoms with van der Waals surface area (Å²) in [6.07, 6.45) is 0.756. The summed E-state index contributed by atoms with van der Waals surface area (Å²) in [6.45, 7) is 7.04. The first-order valence-electron chi connectivity index (χ1n) is 10.2. The number of benzene rings is 2. The summed E-state index contributed by atoms with van der Waals surface area (Å²) in [5.74, 6) is 0.524. The minimum atomic E-state index is -3.54. The number of carbonyl (C=O) groups is 1. The SMILES string of the molecule is CCN(CC)S(=O)(=O)c1ccc(C(=O)N2CCc3cc4cc(C)ccc4nc32)cc1. The molecule has 0 aliphatic carbocycles. The smallest absolute Gasteiger partial charge is 0.259 e. The number of amides is 1. The zero-order chi connectivity index (χ0) is 21.5. The van der Waals surface area contributed by atoms with Crippen LogP contribution in [0.2, 0.25) is 0 Å². The average molecular weight is 424 g/mol. The van der Waals surface area contributed by atoms with Crippen LogP contribution >= 0.6 is 0 Å². The molecule has 2 aromatic carbocycles. The molecule has 0 fully saturated rings. The lowest BCUT2D eigenvalue weighted by Crippen LogP contribution is -2.31. The van der Waals surface area contributed by atoms with Gasteiger partial charge in [-0.2, -0.15) is 4.31 Å². The molecule has 1 aromatic heterocycles. The number of aromatic nitrogens is 1. The Bertz CT molecular complexity index is 1220. The standard InChI is InChI=1S/C23H25N3O3S/c1-4-25(5-2)30(28,29)20-9-7-17(8-10-20)23(27)26-13-12-18-15-19-14-16(3)6-11-21(19)24-22(18)26/h6-11,14-15H,4-5,12-13H2,1-3H3. The van der Waals surface area contributed by atoms with Crippen LogP contribution in [-0.2, 0) is 16.4 Å². The van der Waals surface area contributed by atoms with Crippen molar-refractivity contribution < 1.29 is 13.2 Å². The summed E-state index contributed by atoms with van der Waals surface area (Å²) in [5.41, 5.74) is 3.55. The number of pyridine rings is 1. The van der Waals surface area contributed by atoms with Crippen LogP contribution in [0.1, 0.15) is 35.3 Å². The summed E-state index contributed by atoms with van der Waals surface area (Å²) in [4.78, 5) is 19.7. The summed E-state index contributed by atoms with van der Waals surface area (Å²) >= 11 is 0. The van der Waals surface area contributed by atoms with E-state index in [1.165, 1.54) is 22.0 Å². The van der Waals surface area contributed by atoms with E-state index in [-0.39, 0.29) is 10.8 Å². The van der Waals surface area contributed by atoms with Crippen molar-refractivity contribution in [3.05, 3.63) is 65.2 Å². The Labute approximate surface area is 177 Å². The number of fused-ring (bicyclic) bond motifs is 2. The summed E-state index contributed by atoms with van der Waals surface area (Å²) in [6, 6.07) is 14.4. The van der Waals surface area contributed by atoms with Gasteiger partial charge in [-0.3, -0.25) is 9.69 Å². The summed E-state index contributed by atoms with van der Waals surface area (Å²) < 4.78 is 26.7. The minimum absolute atomic E-state index is 0.167. The molecule has 1 aliphatic heterocycles. The first-order chi connectivity index (χ1) is 14.3. The highest BCUT2D eigenvalue weighted by Crippen LogP contribution is 2.31. The molecule has 30 heavy (non-hydrogen) atoms. The van der Waals surface area contributed by atoms with Gasteiger partial charge in [-0.15, -0.1) is 0 Å². The molecule has 0 bridgehead atoms. The molecule has 0 saturated heterocycles. The van der Waals surface area contributed by atoms with E-state index in [4.69, 9.17) is 4.98 Å². The van der Waals surface area contributed by atoms with Crippen LogP contribution in [0.3, 0.4) is 0 Å². The lowest BCUT2D eigenvalue weighted by atomic mass is 10.1. The number of hydrogen-bond donors (Lipinski definition) is 0. The van der Waals surface area contributed by atoms with Gasteiger partial charge in [-0.1, -0.05) is 25.5 Å². The molecular formula is C23H25N3O3S. The lowest BCUT2D eigenvalue weighted by molar-refractivity contribution is 0.0988. The van der Waals surface area contributed by atoms with E-state index in [9.17, 15) is 13.2 Å². The van der Waals surface area contributed by atoms with Crippen molar-refractivity contribution in [3.63, 3.8) is 0 Å². The van der Waals surface area contributed by atoms with Gasteiger partial charge < -0.3 is 0 Å². The maximum absolute atomic E-state index is 13.1. The topological polar surface area (TPSA) is 70.6 Å². The summed E-state index contributed by atoms with van der Waals surface area (Å²) in [7, 11) is -3.54. The van der Waals surface area contributed by atoms with Crippen molar-refractivity contribution in [1.29, 1.82) is 0 Å². The highest BCUT2D eigenvalue weighted by Gasteiger charge is 2.28. The molecule has 156 valence electrons. The second-order valence-electron chi connectivity index (χ2n) is 7.49. The number of rotatable bonds is 5. The van der Waals surface area contributed by atoms with Gasteiger partial charge in [0.05, 0.1) is 10.4 Å². The first-order valence-corrected chi connectivity index (χ1v) is 11.6. The molecule has 3 aromatic rings. The van der Waals surface area contributed by atoms with E-state index in [0.29, 0.717) is 31.0 Å². The Kier molecular flexibility index (Phi) is 5.34. The zero-order valence-corrected chi connectivity index (χ0v) is 18.2. The Morgan fingerprint density at radius 2 is 1.77 bits per heavy atom. The van der Waals surface area contributed by atoms with Crippen LogP contribution in [-0.4, -0.2) is 43.2 Å². The molecule has 0 radical (unpaired) electrons. The highest BCUT2D eigenvalue weighted by molar-refractivity contribution is 7.89. The van der Waals surface area contributed by atoms with Crippen LogP contribution in [0.25, 0.3) is 10.9 Å². The molecule has 7 heteroatoms. The van der Waals surface area contributed by atoms with Crippen LogP contribution < -0.4 is 4.90 Å². The van der Waals surface area contributed by atoms with Crippen LogP contribution in [0.5, 0.6) is 0 Å². The van der Waals surface area contributed by atoms with Crippen molar-refractivity contribution >= 4 is 32.7 Å². The molecule has 4 rings (SSSR count). The molecule has 0 N–H and O–H groups in total. The molecule has 1 aliphatic rings. The van der Waals surface area contributed by atoms with Gasteiger partial charge in [-0.05, 0) is 61.4 Å². The Balaban J connectivity index is 1.63. The van der Waals surface area contributed by atoms with Crippen LogP contribution in [0.15, 0.2) is 53.4 Å². The Hall–Kier alpha value is -2.77. The third kappa shape index (κ3) is 3.48. The molecule has 1 amide bonds. The maximum atomic E-state index is 13.1. The van der Waals surface area contributed by atoms with E-state index >= 15 is 0 Å². The third-order valence-corrected chi connectivity index (χ3v) is 7.64. The minimum Gasteiger partial charge on any atom is -0.292 e. The van der Waals surface area contributed by atoms with Gasteiger partial charge in [0.15, 0.2) is 0 Å². The van der Waals surface area contributed by atoms with Crippen molar-refractivity contribution in [1.82, 2.24) is 9.29 Å². The van der Waals surface area contributed by atoms with E-state index in [0.717, 1.165) is 22.9 Å². The Morgan fingerprint density at radius 3 is 2.43 bits per heavy atom. The molecule has 0 atom stereocenters. The molecule has 2 heterocycles. The predicted octanol–water partition coefficient (Wildman–Crippen LogP) is 3.78. The largest absolute Gasteiger partial charge is 0.292 e. The quantitative estimate of drug-likeness (QED) is 0.626. The molecule has 6 nitrogen and oxygen atoms in total. The fraction of sp³-hybridized carbons (Fsp3) is 0.304. The average Bonchev–Trinajstić information content (AvgIpc) is 3.15. The van der Waals surface area contributed by atoms with E-state index in [1.54, 1.807) is 17.0 Å². The van der Waals surface area contributed by atoms with E-state index < -0.39 is 10.0 Å². The number of hydrogen-bond acceptors (Lipinski definition) is 4. The monoisotopic (exact) mass is 423 g/mol. The van der Waals surface area contributed by atoms with Crippen molar-refractivity contribution in [3.8, 4) is 0 Å². The van der Waals surface area contributed by atoms with Gasteiger partial charge in [0, 0.05) is 30.6 Å². The Morgan fingerprint density at radius 1 is 1.07 bits per heavy atom.